The van der Waals surface area contributed by atoms with Crippen molar-refractivity contribution in [3.05, 3.63) is 29.3 Å². The molecule has 0 aromatic carbocycles. The molecule has 2 fully saturated rings. The molecule has 0 spiro atoms. The molecule has 0 atom stereocenters. The molecule has 2 aliphatic rings. The summed E-state index contributed by atoms with van der Waals surface area (Å²) in [6, 6.07) is 2.87. The van der Waals surface area contributed by atoms with Gasteiger partial charge in [0.25, 0.3) is 0 Å². The van der Waals surface area contributed by atoms with Crippen LogP contribution in [0.25, 0.3) is 0 Å². The average Bonchev–Trinajstić information content (AvgIpc) is 3.34. The quantitative estimate of drug-likeness (QED) is 0.299. The summed E-state index contributed by atoms with van der Waals surface area (Å²) in [7, 11) is 0. The molecule has 1 aliphatic heterocycles. The van der Waals surface area contributed by atoms with Gasteiger partial charge in [0.2, 0.25) is 0 Å². The molecule has 0 radical (unpaired) electrons. The molecule has 21 heavy (non-hydrogen) atoms. The number of hydrogen-bond donors (Lipinski definition) is 1. The third-order valence-corrected chi connectivity index (χ3v) is 4.21. The molecule has 1 saturated carbocycles. The van der Waals surface area contributed by atoms with E-state index in [1.165, 1.54) is 25.3 Å². The summed E-state index contributed by atoms with van der Waals surface area (Å²) in [4.78, 5) is 6.50. The van der Waals surface area contributed by atoms with Crippen LogP contribution in [0.15, 0.2) is 17.3 Å². The van der Waals surface area contributed by atoms with Gasteiger partial charge in [0.15, 0.2) is 5.82 Å². The van der Waals surface area contributed by atoms with Crippen LogP contribution in [-0.4, -0.2) is 39.9 Å². The Morgan fingerprint density at radius 2 is 2.05 bits per heavy atom. The van der Waals surface area contributed by atoms with Crippen molar-refractivity contribution in [3.63, 3.8) is 0 Å². The zero-order chi connectivity index (χ0) is 14.7. The molecule has 1 aliphatic carbocycles. The number of oxime groups is 1. The Labute approximate surface area is 123 Å². The van der Waals surface area contributed by atoms with Gasteiger partial charge in [-0.15, -0.1) is 0 Å². The van der Waals surface area contributed by atoms with Gasteiger partial charge in [-0.25, -0.2) is 9.37 Å². The lowest BCUT2D eigenvalue weighted by Gasteiger charge is -2.33. The van der Waals surface area contributed by atoms with Crippen LogP contribution in [0.2, 0.25) is 0 Å². The number of aromatic nitrogens is 1. The minimum absolute atomic E-state index is 0.00808. The first kappa shape index (κ1) is 14.0. The van der Waals surface area contributed by atoms with Crippen molar-refractivity contribution in [2.45, 2.75) is 37.6 Å². The molecule has 0 amide bonds. The van der Waals surface area contributed by atoms with E-state index in [-0.39, 0.29) is 11.2 Å². The summed E-state index contributed by atoms with van der Waals surface area (Å²) in [5.74, 6) is 5.96. The van der Waals surface area contributed by atoms with Crippen LogP contribution in [-0.2, 0) is 0 Å². The van der Waals surface area contributed by atoms with E-state index in [2.05, 4.69) is 26.9 Å². The van der Waals surface area contributed by atoms with Gasteiger partial charge in [0.1, 0.15) is 11.4 Å². The van der Waals surface area contributed by atoms with Crippen LogP contribution in [0, 0.1) is 17.7 Å². The highest BCUT2D eigenvalue weighted by Crippen LogP contribution is 2.36. The van der Waals surface area contributed by atoms with E-state index in [4.69, 9.17) is 5.21 Å². The summed E-state index contributed by atoms with van der Waals surface area (Å²) in [5, 5.41) is 11.3. The largest absolute Gasteiger partial charge is 0.411 e. The molecule has 1 saturated heterocycles. The van der Waals surface area contributed by atoms with Crippen LogP contribution in [0.4, 0.5) is 4.39 Å². The van der Waals surface area contributed by atoms with Crippen LogP contribution in [0.1, 0.15) is 43.5 Å². The first-order valence-corrected chi connectivity index (χ1v) is 7.36. The lowest BCUT2D eigenvalue weighted by molar-refractivity contribution is 0.224. The Bertz CT molecular complexity index is 608. The maximum absolute atomic E-state index is 13.4. The highest BCUT2D eigenvalue weighted by atomic mass is 19.1. The Balaban J connectivity index is 1.87. The summed E-state index contributed by atoms with van der Waals surface area (Å²) < 4.78 is 13.4. The number of pyridine rings is 1. The summed E-state index contributed by atoms with van der Waals surface area (Å²) in [5.41, 5.74) is 0.506. The molecule has 110 valence electrons. The molecule has 5 heteroatoms. The first-order chi connectivity index (χ1) is 10.2. The number of nitrogens with zero attached hydrogens (tertiary/aromatic N) is 3. The van der Waals surface area contributed by atoms with Gasteiger partial charge < -0.3 is 5.21 Å². The van der Waals surface area contributed by atoms with Crippen molar-refractivity contribution in [2.75, 3.05) is 13.1 Å². The van der Waals surface area contributed by atoms with Crippen LogP contribution >= 0.6 is 0 Å². The van der Waals surface area contributed by atoms with Crippen LogP contribution < -0.4 is 0 Å². The Morgan fingerprint density at radius 1 is 1.29 bits per heavy atom. The molecular weight excluding hydrogens is 269 g/mol. The number of rotatable bonds is 2. The highest BCUT2D eigenvalue weighted by molar-refractivity contribution is 5.76. The van der Waals surface area contributed by atoms with E-state index in [1.807, 2.05) is 0 Å². The molecular formula is C16H18FN3O. The maximum atomic E-state index is 13.4. The molecule has 4 nitrogen and oxygen atoms in total. The predicted molar refractivity (Wildman–Crippen MR) is 77.8 cm³/mol. The van der Waals surface area contributed by atoms with Crippen molar-refractivity contribution in [2.24, 2.45) is 5.16 Å². The van der Waals surface area contributed by atoms with E-state index >= 15 is 0 Å². The van der Waals surface area contributed by atoms with Crippen molar-refractivity contribution < 1.29 is 9.60 Å². The van der Waals surface area contributed by atoms with E-state index in [0.717, 1.165) is 32.1 Å². The molecule has 0 unspecified atom stereocenters. The zero-order valence-corrected chi connectivity index (χ0v) is 11.8. The Hall–Kier alpha value is -1.93. The summed E-state index contributed by atoms with van der Waals surface area (Å²) >= 11 is 0. The summed E-state index contributed by atoms with van der Waals surface area (Å²) in [6.45, 7) is 2.24. The van der Waals surface area contributed by atoms with Gasteiger partial charge in [0, 0.05) is 13.1 Å². The SMILES string of the molecule is O/N=C/c1nc(C#CC2(N3CC3)CCCCC2)ccc1F. The van der Waals surface area contributed by atoms with E-state index in [0.29, 0.717) is 5.69 Å². The minimum atomic E-state index is -0.517. The fraction of sp³-hybridized carbons (Fsp3) is 0.500. The fourth-order valence-electron chi connectivity index (χ4n) is 2.99. The van der Waals surface area contributed by atoms with E-state index in [1.54, 1.807) is 6.07 Å². The lowest BCUT2D eigenvalue weighted by atomic mass is 9.82. The smallest absolute Gasteiger partial charge is 0.150 e. The average molecular weight is 287 g/mol. The van der Waals surface area contributed by atoms with Gasteiger partial charge in [-0.3, -0.25) is 4.90 Å². The van der Waals surface area contributed by atoms with Crippen molar-refractivity contribution >= 4 is 6.21 Å². The van der Waals surface area contributed by atoms with Gasteiger partial charge in [-0.2, -0.15) is 0 Å². The second kappa shape index (κ2) is 5.82. The standard InChI is InChI=1S/C16H18FN3O/c17-14-5-4-13(19-15(14)12-18-21)6-9-16(20-10-11-20)7-2-1-3-8-16/h4-5,12,21H,1-3,7-8,10-11H2/b18-12+. The van der Waals surface area contributed by atoms with E-state index in [9.17, 15) is 4.39 Å². The number of halogens is 1. The van der Waals surface area contributed by atoms with E-state index < -0.39 is 5.82 Å². The lowest BCUT2D eigenvalue weighted by Crippen LogP contribution is -2.38. The number of hydrogen-bond acceptors (Lipinski definition) is 4. The monoisotopic (exact) mass is 287 g/mol. The maximum Gasteiger partial charge on any atom is 0.150 e. The normalized spacial score (nSPS) is 21.0. The van der Waals surface area contributed by atoms with Gasteiger partial charge in [0.05, 0.1) is 11.8 Å². The molecule has 1 aromatic rings. The predicted octanol–water partition coefficient (Wildman–Crippen LogP) is 2.40. The topological polar surface area (TPSA) is 48.5 Å². The zero-order valence-electron chi connectivity index (χ0n) is 11.8. The molecule has 0 bridgehead atoms. The molecule has 1 N–H and O–H groups in total. The second-order valence-electron chi connectivity index (χ2n) is 5.64. The van der Waals surface area contributed by atoms with Gasteiger partial charge in [-0.1, -0.05) is 30.3 Å². The van der Waals surface area contributed by atoms with Gasteiger partial charge in [-0.05, 0) is 30.9 Å². The van der Waals surface area contributed by atoms with Crippen LogP contribution in [0.5, 0.6) is 0 Å². The third kappa shape index (κ3) is 3.06. The molecule has 2 heterocycles. The summed E-state index contributed by atoms with van der Waals surface area (Å²) in [6.07, 6.45) is 6.90. The van der Waals surface area contributed by atoms with Gasteiger partial charge >= 0.3 is 0 Å². The molecule has 1 aromatic heterocycles. The first-order valence-electron chi connectivity index (χ1n) is 7.36. The molecule has 3 rings (SSSR count). The minimum Gasteiger partial charge on any atom is -0.411 e. The second-order valence-corrected chi connectivity index (χ2v) is 5.64. The highest BCUT2D eigenvalue weighted by Gasteiger charge is 2.41. The third-order valence-electron chi connectivity index (χ3n) is 4.21. The Kier molecular flexibility index (Phi) is 3.89. The van der Waals surface area contributed by atoms with Crippen molar-refractivity contribution in [1.82, 2.24) is 9.88 Å². The van der Waals surface area contributed by atoms with Crippen molar-refractivity contribution in [3.8, 4) is 11.8 Å². The van der Waals surface area contributed by atoms with Crippen molar-refractivity contribution in [1.29, 1.82) is 0 Å². The van der Waals surface area contributed by atoms with Crippen LogP contribution in [0.3, 0.4) is 0 Å². The fourth-order valence-corrected chi connectivity index (χ4v) is 2.99. The Morgan fingerprint density at radius 3 is 2.71 bits per heavy atom.